The highest BCUT2D eigenvalue weighted by molar-refractivity contribution is 6.39. The fourth-order valence-electron chi connectivity index (χ4n) is 2.38. The Morgan fingerprint density at radius 2 is 1.76 bits per heavy atom. The van der Waals surface area contributed by atoms with Crippen molar-refractivity contribution in [3.63, 3.8) is 0 Å². The highest BCUT2D eigenvalue weighted by atomic mass is 35.5. The lowest BCUT2D eigenvalue weighted by Crippen LogP contribution is -1.98. The fraction of sp³-hybridized carbons (Fsp3) is 0.133. The van der Waals surface area contributed by atoms with Gasteiger partial charge in [-0.2, -0.15) is 0 Å². The zero-order valence-corrected chi connectivity index (χ0v) is 13.5. The van der Waals surface area contributed by atoms with Crippen LogP contribution in [-0.2, 0) is 6.54 Å². The topological polar surface area (TPSA) is 43.8 Å². The zero-order valence-electron chi connectivity index (χ0n) is 11.2. The van der Waals surface area contributed by atoms with E-state index in [4.69, 9.17) is 40.5 Å². The van der Waals surface area contributed by atoms with Gasteiger partial charge in [0.15, 0.2) is 0 Å². The van der Waals surface area contributed by atoms with E-state index in [1.807, 2.05) is 29.7 Å². The second-order valence-electron chi connectivity index (χ2n) is 4.64. The first-order chi connectivity index (χ1) is 10.0. The predicted octanol–water partition coefficient (Wildman–Crippen LogP) is 5.27. The van der Waals surface area contributed by atoms with E-state index in [0.717, 1.165) is 29.0 Å². The largest absolute Gasteiger partial charge is 0.396 e. The molecule has 0 unspecified atom stereocenters. The average molecular weight is 341 g/mol. The Labute approximate surface area is 137 Å². The number of nitrogens with zero attached hydrogens (tertiary/aromatic N) is 2. The maximum atomic E-state index is 6.30. The van der Waals surface area contributed by atoms with E-state index in [9.17, 15) is 0 Å². The van der Waals surface area contributed by atoms with Crippen LogP contribution in [0, 0.1) is 0 Å². The molecule has 0 saturated carbocycles. The minimum absolute atomic E-state index is 0.374. The Morgan fingerprint density at radius 1 is 1.10 bits per heavy atom. The van der Waals surface area contributed by atoms with E-state index < -0.39 is 0 Å². The smallest absolute Gasteiger partial charge is 0.141 e. The lowest BCUT2D eigenvalue weighted by atomic mass is 10.2. The molecule has 0 spiro atoms. The van der Waals surface area contributed by atoms with Crippen LogP contribution >= 0.6 is 34.8 Å². The Hall–Kier alpha value is -1.42. The minimum atomic E-state index is 0.374. The first-order valence-electron chi connectivity index (χ1n) is 6.42. The van der Waals surface area contributed by atoms with Crippen LogP contribution in [0.3, 0.4) is 0 Å². The van der Waals surface area contributed by atoms with Crippen molar-refractivity contribution in [2.45, 2.75) is 13.5 Å². The molecule has 1 aromatic heterocycles. The summed E-state index contributed by atoms with van der Waals surface area (Å²) in [4.78, 5) is 4.65. The van der Waals surface area contributed by atoms with Crippen LogP contribution in [0.4, 0.5) is 5.69 Å². The lowest BCUT2D eigenvalue weighted by Gasteiger charge is -2.09. The number of aromatic nitrogens is 2. The molecular formula is C15H12Cl3N3. The van der Waals surface area contributed by atoms with Gasteiger partial charge in [-0.25, -0.2) is 4.98 Å². The van der Waals surface area contributed by atoms with Crippen LogP contribution in [0.2, 0.25) is 15.1 Å². The Balaban J connectivity index is 2.33. The first kappa shape index (κ1) is 14.5. The van der Waals surface area contributed by atoms with Gasteiger partial charge in [0.05, 0.1) is 31.8 Å². The summed E-state index contributed by atoms with van der Waals surface area (Å²) in [5, 5.41) is 1.50. The van der Waals surface area contributed by atoms with Gasteiger partial charge in [-0.1, -0.05) is 40.9 Å². The molecule has 2 aromatic carbocycles. The molecule has 3 nitrogen and oxygen atoms in total. The van der Waals surface area contributed by atoms with Crippen LogP contribution < -0.4 is 5.73 Å². The van der Waals surface area contributed by atoms with Crippen LogP contribution in [0.1, 0.15) is 6.92 Å². The van der Waals surface area contributed by atoms with E-state index in [2.05, 4.69) is 4.98 Å². The first-order valence-corrected chi connectivity index (χ1v) is 7.56. The number of para-hydroxylation sites is 1. The number of benzene rings is 2. The Morgan fingerprint density at radius 3 is 2.38 bits per heavy atom. The number of hydrogen-bond donors (Lipinski definition) is 1. The number of fused-ring (bicyclic) bond motifs is 1. The van der Waals surface area contributed by atoms with Gasteiger partial charge in [0.25, 0.3) is 0 Å². The van der Waals surface area contributed by atoms with Crippen molar-refractivity contribution in [3.8, 4) is 11.4 Å². The lowest BCUT2D eigenvalue weighted by molar-refractivity contribution is 0.796. The summed E-state index contributed by atoms with van der Waals surface area (Å²) in [5.74, 6) is 0.768. The molecule has 6 heteroatoms. The van der Waals surface area contributed by atoms with Gasteiger partial charge in [0, 0.05) is 12.1 Å². The van der Waals surface area contributed by atoms with E-state index >= 15 is 0 Å². The summed E-state index contributed by atoms with van der Waals surface area (Å²) < 4.78 is 2.04. The minimum Gasteiger partial charge on any atom is -0.396 e. The molecule has 3 aromatic rings. The molecule has 1 heterocycles. The van der Waals surface area contributed by atoms with Crippen LogP contribution in [0.5, 0.6) is 0 Å². The molecule has 0 aliphatic rings. The van der Waals surface area contributed by atoms with Crippen LogP contribution in [0.25, 0.3) is 22.4 Å². The molecule has 0 bridgehead atoms. The Bertz CT molecular complexity index is 817. The number of aryl methyl sites for hydroxylation is 1. The van der Waals surface area contributed by atoms with Gasteiger partial charge in [0.1, 0.15) is 5.82 Å². The average Bonchev–Trinajstić information content (AvgIpc) is 2.84. The van der Waals surface area contributed by atoms with Gasteiger partial charge >= 0.3 is 0 Å². The second-order valence-corrected chi connectivity index (χ2v) is 5.86. The van der Waals surface area contributed by atoms with Crippen molar-refractivity contribution in [2.24, 2.45) is 0 Å². The number of halogens is 3. The summed E-state index contributed by atoms with van der Waals surface area (Å²) >= 11 is 18.5. The molecule has 3 rings (SSSR count). The summed E-state index contributed by atoms with van der Waals surface area (Å²) in [6.07, 6.45) is 0. The third-order valence-electron chi connectivity index (χ3n) is 3.37. The number of anilines is 1. The second kappa shape index (κ2) is 5.41. The monoisotopic (exact) mass is 339 g/mol. The summed E-state index contributed by atoms with van der Waals surface area (Å²) in [7, 11) is 0. The van der Waals surface area contributed by atoms with E-state index in [1.54, 1.807) is 12.1 Å². The highest BCUT2D eigenvalue weighted by Gasteiger charge is 2.16. The van der Waals surface area contributed by atoms with Crippen molar-refractivity contribution in [1.29, 1.82) is 0 Å². The molecule has 0 saturated heterocycles. The number of nitrogen functional groups attached to an aromatic ring is 1. The highest BCUT2D eigenvalue weighted by Crippen LogP contribution is 2.35. The number of hydrogen-bond acceptors (Lipinski definition) is 2. The maximum absolute atomic E-state index is 6.30. The Kier molecular flexibility index (Phi) is 3.74. The van der Waals surface area contributed by atoms with Crippen LogP contribution in [-0.4, -0.2) is 9.55 Å². The van der Waals surface area contributed by atoms with Gasteiger partial charge in [0.2, 0.25) is 0 Å². The fourth-order valence-corrected chi connectivity index (χ4v) is 3.14. The third-order valence-corrected chi connectivity index (χ3v) is 4.30. The van der Waals surface area contributed by atoms with Crippen molar-refractivity contribution >= 4 is 51.5 Å². The van der Waals surface area contributed by atoms with Gasteiger partial charge < -0.3 is 10.3 Å². The molecule has 0 amide bonds. The van der Waals surface area contributed by atoms with Gasteiger partial charge in [-0.3, -0.25) is 0 Å². The van der Waals surface area contributed by atoms with Crippen molar-refractivity contribution < 1.29 is 0 Å². The van der Waals surface area contributed by atoms with Crippen molar-refractivity contribution in [2.75, 3.05) is 5.73 Å². The summed E-state index contributed by atoms with van der Waals surface area (Å²) in [6.45, 7) is 2.77. The number of imidazole rings is 1. The molecule has 0 aliphatic heterocycles. The zero-order chi connectivity index (χ0) is 15.1. The van der Waals surface area contributed by atoms with Gasteiger partial charge in [-0.05, 0) is 31.2 Å². The quantitative estimate of drug-likeness (QED) is 0.646. The molecule has 0 radical (unpaired) electrons. The normalized spacial score (nSPS) is 11.2. The molecule has 0 atom stereocenters. The van der Waals surface area contributed by atoms with Crippen molar-refractivity contribution in [1.82, 2.24) is 9.55 Å². The maximum Gasteiger partial charge on any atom is 0.141 e. The van der Waals surface area contributed by atoms with Crippen LogP contribution in [0.15, 0.2) is 30.3 Å². The predicted molar refractivity (Wildman–Crippen MR) is 90.3 cm³/mol. The van der Waals surface area contributed by atoms with E-state index in [1.165, 1.54) is 0 Å². The molecule has 2 N–H and O–H groups in total. The number of rotatable bonds is 2. The standard InChI is InChI=1S/C15H12Cl3N3/c1-2-21-14-9(16)4-3-5-12(14)20-15(21)8-6-10(17)13(19)11(18)7-8/h3-7H,2,19H2,1H3. The SMILES string of the molecule is CCn1c(-c2cc(Cl)c(N)c(Cl)c2)nc2cccc(Cl)c21. The van der Waals surface area contributed by atoms with E-state index in [-0.39, 0.29) is 0 Å². The molecule has 21 heavy (non-hydrogen) atoms. The molecule has 0 fully saturated rings. The summed E-state index contributed by atoms with van der Waals surface area (Å²) in [5.41, 5.74) is 8.71. The van der Waals surface area contributed by atoms with Gasteiger partial charge in [-0.15, -0.1) is 0 Å². The third kappa shape index (κ3) is 2.35. The van der Waals surface area contributed by atoms with Crippen molar-refractivity contribution in [3.05, 3.63) is 45.4 Å². The van der Waals surface area contributed by atoms with E-state index in [0.29, 0.717) is 20.8 Å². The molecular weight excluding hydrogens is 329 g/mol. The summed E-state index contributed by atoms with van der Waals surface area (Å²) in [6, 6.07) is 9.19. The molecule has 108 valence electrons. The number of nitrogens with two attached hydrogens (primary N) is 1. The molecule has 0 aliphatic carbocycles.